The number of anilines is 1. The molecule has 2 saturated heterocycles. The number of morpholine rings is 1. The largest absolute Gasteiger partial charge is 0.378 e. The van der Waals surface area contributed by atoms with E-state index in [-0.39, 0.29) is 42.6 Å². The van der Waals surface area contributed by atoms with Gasteiger partial charge in [0.25, 0.3) is 5.91 Å². The van der Waals surface area contributed by atoms with Gasteiger partial charge in [-0.05, 0) is 41.8 Å². The van der Waals surface area contributed by atoms with E-state index in [1.165, 1.54) is 11.0 Å². The van der Waals surface area contributed by atoms with Crippen LogP contribution in [0.3, 0.4) is 0 Å². The summed E-state index contributed by atoms with van der Waals surface area (Å²) in [7, 11) is 0. The fourth-order valence-corrected chi connectivity index (χ4v) is 5.52. The number of aromatic nitrogens is 1. The first kappa shape index (κ1) is 24.9. The number of hydrogen-bond donors (Lipinski definition) is 3. The summed E-state index contributed by atoms with van der Waals surface area (Å²) >= 11 is 0. The second kappa shape index (κ2) is 10.4. The highest BCUT2D eigenvalue weighted by Gasteiger charge is 2.43. The number of carbonyl (C=O) groups is 4. The van der Waals surface area contributed by atoms with Gasteiger partial charge in [-0.3, -0.25) is 19.2 Å². The zero-order chi connectivity index (χ0) is 26.9. The number of fused-ring (bicyclic) bond motifs is 3. The molecule has 200 valence electrons. The molecule has 2 atom stereocenters. The molecule has 0 aliphatic carbocycles. The SMILES string of the molecule is O=C(Cc1c[nH]c2ccccc12)N[C@H]1C[C@H]2C(=O)Nc3ccc(/C=C/C(=O)N4CCOCC4)cc3C(=O)N2C1. The van der Waals surface area contributed by atoms with E-state index < -0.39 is 6.04 Å². The van der Waals surface area contributed by atoms with Gasteiger partial charge in [0.15, 0.2) is 0 Å². The third kappa shape index (κ3) is 5.03. The number of para-hydroxylation sites is 1. The molecule has 1 aromatic heterocycles. The molecule has 0 unspecified atom stereocenters. The lowest BCUT2D eigenvalue weighted by Gasteiger charge is -2.25. The molecule has 3 aromatic rings. The molecule has 10 nitrogen and oxygen atoms in total. The first-order valence-electron chi connectivity index (χ1n) is 13.1. The number of hydrogen-bond acceptors (Lipinski definition) is 5. The van der Waals surface area contributed by atoms with Crippen LogP contribution < -0.4 is 10.6 Å². The number of aromatic amines is 1. The van der Waals surface area contributed by atoms with Crippen LogP contribution in [0.5, 0.6) is 0 Å². The smallest absolute Gasteiger partial charge is 0.256 e. The van der Waals surface area contributed by atoms with E-state index in [0.717, 1.165) is 16.5 Å². The summed E-state index contributed by atoms with van der Waals surface area (Å²) in [4.78, 5) is 58.3. The van der Waals surface area contributed by atoms with Gasteiger partial charge in [0.05, 0.1) is 30.9 Å². The fraction of sp³-hybridized carbons (Fsp3) is 0.310. The Hall–Kier alpha value is -4.44. The second-order valence-electron chi connectivity index (χ2n) is 10.1. The van der Waals surface area contributed by atoms with Crippen LogP contribution in [0.2, 0.25) is 0 Å². The van der Waals surface area contributed by atoms with Crippen molar-refractivity contribution in [3.63, 3.8) is 0 Å². The van der Waals surface area contributed by atoms with Crippen molar-refractivity contribution >= 4 is 46.3 Å². The highest BCUT2D eigenvalue weighted by Crippen LogP contribution is 2.30. The molecular weight excluding hydrogens is 498 g/mol. The van der Waals surface area contributed by atoms with E-state index in [2.05, 4.69) is 15.6 Å². The van der Waals surface area contributed by atoms with Crippen LogP contribution in [0.1, 0.15) is 27.9 Å². The Morgan fingerprint density at radius 2 is 1.92 bits per heavy atom. The summed E-state index contributed by atoms with van der Waals surface area (Å²) in [6.45, 7) is 2.38. The maximum Gasteiger partial charge on any atom is 0.256 e. The van der Waals surface area contributed by atoms with Crippen LogP contribution in [0.4, 0.5) is 5.69 Å². The van der Waals surface area contributed by atoms with E-state index in [1.54, 1.807) is 29.2 Å². The van der Waals surface area contributed by atoms with Gasteiger partial charge in [-0.2, -0.15) is 0 Å². The lowest BCUT2D eigenvalue weighted by Crippen LogP contribution is -2.41. The number of carbonyl (C=O) groups excluding carboxylic acids is 4. The molecule has 10 heteroatoms. The summed E-state index contributed by atoms with van der Waals surface area (Å²) < 4.78 is 5.29. The number of nitrogens with one attached hydrogen (secondary N) is 3. The van der Waals surface area contributed by atoms with Crippen molar-refractivity contribution < 1.29 is 23.9 Å². The standard InChI is InChI=1S/C29H29N5O5/c35-26(14-19-16-30-23-4-2-1-3-21(19)23)31-20-15-25-28(37)32-24-7-5-18(13-22(24)29(38)34(25)17-20)6-8-27(36)33-9-11-39-12-10-33/h1-8,13,16,20,25,30H,9-12,14-15,17H2,(H,31,35)(H,32,37)/b8-6+/t20-,25-/m0/s1. The van der Waals surface area contributed by atoms with E-state index in [9.17, 15) is 19.2 Å². The molecule has 0 radical (unpaired) electrons. The van der Waals surface area contributed by atoms with Gasteiger partial charge in [-0.15, -0.1) is 0 Å². The van der Waals surface area contributed by atoms with Crippen molar-refractivity contribution in [3.8, 4) is 0 Å². The van der Waals surface area contributed by atoms with Gasteiger partial charge < -0.3 is 30.2 Å². The maximum atomic E-state index is 13.5. The summed E-state index contributed by atoms with van der Waals surface area (Å²) in [5.41, 5.74) is 3.34. The number of ether oxygens (including phenoxy) is 1. The number of amides is 4. The summed E-state index contributed by atoms with van der Waals surface area (Å²) in [5.74, 6) is -0.829. The molecule has 0 spiro atoms. The highest BCUT2D eigenvalue weighted by molar-refractivity contribution is 6.10. The number of benzene rings is 2. The average Bonchev–Trinajstić information content (AvgIpc) is 3.54. The minimum Gasteiger partial charge on any atom is -0.378 e. The molecular formula is C29H29N5O5. The third-order valence-corrected chi connectivity index (χ3v) is 7.53. The topological polar surface area (TPSA) is 124 Å². The molecule has 0 bridgehead atoms. The van der Waals surface area contributed by atoms with E-state index in [4.69, 9.17) is 4.74 Å². The van der Waals surface area contributed by atoms with Gasteiger partial charge >= 0.3 is 0 Å². The molecule has 2 aromatic carbocycles. The molecule has 3 N–H and O–H groups in total. The Balaban J connectivity index is 1.14. The zero-order valence-electron chi connectivity index (χ0n) is 21.3. The number of rotatable bonds is 5. The number of nitrogens with zero attached hydrogens (tertiary/aromatic N) is 2. The lowest BCUT2D eigenvalue weighted by molar-refractivity contribution is -0.130. The van der Waals surface area contributed by atoms with Crippen molar-refractivity contribution in [2.75, 3.05) is 38.2 Å². The van der Waals surface area contributed by atoms with Crippen molar-refractivity contribution in [1.29, 1.82) is 0 Å². The normalized spacial score (nSPS) is 21.0. The van der Waals surface area contributed by atoms with Crippen LogP contribution in [0.15, 0.2) is 54.7 Å². The molecule has 39 heavy (non-hydrogen) atoms. The third-order valence-electron chi connectivity index (χ3n) is 7.53. The fourth-order valence-electron chi connectivity index (χ4n) is 5.52. The first-order valence-corrected chi connectivity index (χ1v) is 13.1. The van der Waals surface area contributed by atoms with Gasteiger partial charge in [0.2, 0.25) is 17.7 Å². The second-order valence-corrected chi connectivity index (χ2v) is 10.1. The lowest BCUT2D eigenvalue weighted by atomic mass is 10.1. The van der Waals surface area contributed by atoms with Crippen LogP contribution in [0.25, 0.3) is 17.0 Å². The van der Waals surface area contributed by atoms with E-state index in [0.29, 0.717) is 49.5 Å². The monoisotopic (exact) mass is 527 g/mol. The maximum absolute atomic E-state index is 13.5. The van der Waals surface area contributed by atoms with Crippen LogP contribution in [-0.2, 0) is 25.5 Å². The predicted molar refractivity (Wildman–Crippen MR) is 145 cm³/mol. The van der Waals surface area contributed by atoms with Gasteiger partial charge in [-0.25, -0.2) is 0 Å². The summed E-state index contributed by atoms with van der Waals surface area (Å²) in [5, 5.41) is 6.87. The van der Waals surface area contributed by atoms with Gasteiger partial charge in [-0.1, -0.05) is 24.3 Å². The molecule has 0 saturated carbocycles. The average molecular weight is 528 g/mol. The van der Waals surface area contributed by atoms with Crippen LogP contribution in [0, 0.1) is 0 Å². The minimum atomic E-state index is -0.676. The van der Waals surface area contributed by atoms with Crippen molar-refractivity contribution in [1.82, 2.24) is 20.1 Å². The van der Waals surface area contributed by atoms with Crippen molar-refractivity contribution in [2.45, 2.75) is 24.9 Å². The zero-order valence-corrected chi connectivity index (χ0v) is 21.3. The quantitative estimate of drug-likeness (QED) is 0.438. The molecule has 3 aliphatic heterocycles. The van der Waals surface area contributed by atoms with Crippen LogP contribution in [-0.4, -0.2) is 83.3 Å². The summed E-state index contributed by atoms with van der Waals surface area (Å²) in [6, 6.07) is 11.9. The Bertz CT molecular complexity index is 1490. The van der Waals surface area contributed by atoms with Gasteiger partial charge in [0, 0.05) is 48.9 Å². The number of H-pyrrole nitrogens is 1. The molecule has 2 fully saturated rings. The summed E-state index contributed by atoms with van der Waals surface area (Å²) in [6.07, 6.45) is 5.54. The Kier molecular flexibility index (Phi) is 6.62. The Morgan fingerprint density at radius 3 is 2.77 bits per heavy atom. The van der Waals surface area contributed by atoms with Gasteiger partial charge in [0.1, 0.15) is 6.04 Å². The molecule has 6 rings (SSSR count). The first-order chi connectivity index (χ1) is 19.0. The Morgan fingerprint density at radius 1 is 1.10 bits per heavy atom. The molecule has 3 aliphatic rings. The minimum absolute atomic E-state index is 0.112. The predicted octanol–water partition coefficient (Wildman–Crippen LogP) is 1.93. The van der Waals surface area contributed by atoms with Crippen molar-refractivity contribution in [3.05, 3.63) is 71.4 Å². The van der Waals surface area contributed by atoms with Crippen LogP contribution >= 0.6 is 0 Å². The van der Waals surface area contributed by atoms with Crippen molar-refractivity contribution in [2.24, 2.45) is 0 Å². The molecule has 4 heterocycles. The molecule has 4 amide bonds. The van der Waals surface area contributed by atoms with E-state index in [1.807, 2.05) is 30.5 Å². The Labute approximate surface area is 225 Å². The highest BCUT2D eigenvalue weighted by atomic mass is 16.5. The van der Waals surface area contributed by atoms with E-state index >= 15 is 0 Å².